The van der Waals surface area contributed by atoms with E-state index in [0.29, 0.717) is 28.3 Å². The maximum absolute atomic E-state index is 12.2. The van der Waals surface area contributed by atoms with Crippen LogP contribution in [0.5, 0.6) is 11.5 Å². The summed E-state index contributed by atoms with van der Waals surface area (Å²) in [5.41, 5.74) is 7.11. The topological polar surface area (TPSA) is 102 Å². The monoisotopic (exact) mass is 374 g/mol. The van der Waals surface area contributed by atoms with Crippen LogP contribution in [0.2, 0.25) is 0 Å². The smallest absolute Gasteiger partial charge is 0.352 e. The maximum Gasteiger partial charge on any atom is 0.352 e. The molecule has 0 unspecified atom stereocenters. The van der Waals surface area contributed by atoms with Gasteiger partial charge in [-0.2, -0.15) is 0 Å². The molecule has 0 aromatic heterocycles. The van der Waals surface area contributed by atoms with Crippen molar-refractivity contribution < 1.29 is 19.4 Å². The molecule has 28 heavy (non-hydrogen) atoms. The fourth-order valence-electron chi connectivity index (χ4n) is 2.43. The summed E-state index contributed by atoms with van der Waals surface area (Å²) < 4.78 is 5.71. The summed E-state index contributed by atoms with van der Waals surface area (Å²) in [7, 11) is 0. The Kier molecular flexibility index (Phi) is 5.72. The van der Waals surface area contributed by atoms with Gasteiger partial charge in [-0.15, -0.1) is 0 Å². The Morgan fingerprint density at radius 3 is 2.18 bits per heavy atom. The van der Waals surface area contributed by atoms with Gasteiger partial charge in [0.05, 0.1) is 5.69 Å². The third-order valence-corrected chi connectivity index (χ3v) is 3.85. The second-order valence-corrected chi connectivity index (χ2v) is 5.89. The largest absolute Gasteiger partial charge is 0.477 e. The fraction of sp³-hybridized carbons (Fsp3) is 0. The van der Waals surface area contributed by atoms with Gasteiger partial charge in [0.25, 0.3) is 5.91 Å². The molecule has 3 rings (SSSR count). The number of ether oxygens (including phenoxy) is 1. The van der Waals surface area contributed by atoms with Crippen LogP contribution in [0.3, 0.4) is 0 Å². The van der Waals surface area contributed by atoms with E-state index in [-0.39, 0.29) is 5.70 Å². The van der Waals surface area contributed by atoms with Gasteiger partial charge >= 0.3 is 5.97 Å². The van der Waals surface area contributed by atoms with Crippen molar-refractivity contribution in [2.75, 3.05) is 5.73 Å². The van der Waals surface area contributed by atoms with Crippen LogP contribution >= 0.6 is 0 Å². The van der Waals surface area contributed by atoms with Crippen LogP contribution in [0.4, 0.5) is 5.69 Å². The lowest BCUT2D eigenvalue weighted by Crippen LogP contribution is -2.27. The normalized spacial score (nSPS) is 10.9. The number of carboxylic acids is 1. The minimum atomic E-state index is -1.23. The quantitative estimate of drug-likeness (QED) is 0.448. The number of anilines is 1. The van der Waals surface area contributed by atoms with Gasteiger partial charge in [-0.3, -0.25) is 4.79 Å². The summed E-state index contributed by atoms with van der Waals surface area (Å²) in [4.78, 5) is 23.7. The number of nitrogens with two attached hydrogens (primary N) is 1. The Morgan fingerprint density at radius 1 is 0.893 bits per heavy atom. The zero-order chi connectivity index (χ0) is 19.9. The van der Waals surface area contributed by atoms with Crippen molar-refractivity contribution in [3.05, 3.63) is 95.7 Å². The van der Waals surface area contributed by atoms with Crippen molar-refractivity contribution >= 4 is 23.6 Å². The Bertz CT molecular complexity index is 1010. The van der Waals surface area contributed by atoms with Gasteiger partial charge in [-0.1, -0.05) is 42.5 Å². The van der Waals surface area contributed by atoms with E-state index < -0.39 is 11.9 Å². The minimum Gasteiger partial charge on any atom is -0.477 e. The molecule has 0 bridgehead atoms. The molecule has 4 N–H and O–H groups in total. The zero-order valence-corrected chi connectivity index (χ0v) is 14.8. The van der Waals surface area contributed by atoms with Crippen LogP contribution in [0.25, 0.3) is 6.08 Å². The first-order valence-corrected chi connectivity index (χ1v) is 8.47. The molecule has 6 heteroatoms. The molecule has 0 spiro atoms. The van der Waals surface area contributed by atoms with Crippen LogP contribution in [0.1, 0.15) is 15.9 Å². The Hall–Kier alpha value is -4.06. The number of nitrogens with one attached hydrogen (secondary N) is 1. The number of nitrogen functional groups attached to an aromatic ring is 1. The van der Waals surface area contributed by atoms with Gasteiger partial charge in [-0.25, -0.2) is 4.79 Å². The summed E-state index contributed by atoms with van der Waals surface area (Å²) >= 11 is 0. The summed E-state index contributed by atoms with van der Waals surface area (Å²) in [6.45, 7) is 0. The first-order valence-electron chi connectivity index (χ1n) is 8.47. The van der Waals surface area contributed by atoms with E-state index in [1.807, 2.05) is 12.1 Å². The molecule has 0 atom stereocenters. The van der Waals surface area contributed by atoms with E-state index in [4.69, 9.17) is 10.5 Å². The molecule has 3 aromatic carbocycles. The lowest BCUT2D eigenvalue weighted by molar-refractivity contribution is -0.132. The molecule has 0 radical (unpaired) electrons. The number of benzene rings is 3. The van der Waals surface area contributed by atoms with Crippen molar-refractivity contribution in [1.29, 1.82) is 0 Å². The molecule has 140 valence electrons. The van der Waals surface area contributed by atoms with E-state index >= 15 is 0 Å². The number of hydrogen-bond acceptors (Lipinski definition) is 4. The number of carboxylic acid groups (broad SMARTS) is 1. The fourth-order valence-corrected chi connectivity index (χ4v) is 2.43. The van der Waals surface area contributed by atoms with Crippen molar-refractivity contribution in [3.8, 4) is 11.5 Å². The maximum atomic E-state index is 12.2. The van der Waals surface area contributed by atoms with Crippen LogP contribution in [0, 0.1) is 0 Å². The SMILES string of the molecule is Nc1ccccc1Oc1ccc(/C=C(\NC(=O)c2ccccc2)C(=O)O)cc1. The number of amides is 1. The summed E-state index contributed by atoms with van der Waals surface area (Å²) in [6, 6.07) is 22.3. The highest BCUT2D eigenvalue weighted by Crippen LogP contribution is 2.27. The predicted octanol–water partition coefficient (Wildman–Crippen LogP) is 3.92. The molecule has 3 aromatic rings. The minimum absolute atomic E-state index is 0.227. The third kappa shape index (κ3) is 4.76. The molecular formula is C22H18N2O4. The van der Waals surface area contributed by atoms with Crippen LogP contribution in [0.15, 0.2) is 84.6 Å². The van der Waals surface area contributed by atoms with E-state index in [0.717, 1.165) is 0 Å². The molecule has 6 nitrogen and oxygen atoms in total. The average molecular weight is 374 g/mol. The predicted molar refractivity (Wildman–Crippen MR) is 107 cm³/mol. The van der Waals surface area contributed by atoms with Gasteiger partial charge in [0, 0.05) is 5.56 Å². The van der Waals surface area contributed by atoms with Crippen molar-refractivity contribution in [2.24, 2.45) is 0 Å². The summed E-state index contributed by atoms with van der Waals surface area (Å²) in [5, 5.41) is 11.8. The van der Waals surface area contributed by atoms with Gasteiger partial charge in [0.15, 0.2) is 0 Å². The molecule has 0 aliphatic carbocycles. The van der Waals surface area contributed by atoms with Crippen molar-refractivity contribution in [3.63, 3.8) is 0 Å². The molecule has 0 saturated heterocycles. The highest BCUT2D eigenvalue weighted by Gasteiger charge is 2.13. The molecule has 0 heterocycles. The van der Waals surface area contributed by atoms with Crippen LogP contribution in [-0.4, -0.2) is 17.0 Å². The first-order chi connectivity index (χ1) is 13.5. The summed E-state index contributed by atoms with van der Waals surface area (Å²) in [6.07, 6.45) is 1.38. The van der Waals surface area contributed by atoms with E-state index in [1.54, 1.807) is 66.7 Å². The highest BCUT2D eigenvalue weighted by atomic mass is 16.5. The van der Waals surface area contributed by atoms with Crippen LogP contribution < -0.4 is 15.8 Å². The Balaban J connectivity index is 1.75. The number of hydrogen-bond donors (Lipinski definition) is 3. The molecule has 0 fully saturated rings. The van der Waals surface area contributed by atoms with Gasteiger partial charge in [0.1, 0.15) is 17.2 Å². The molecule has 0 aliphatic rings. The molecule has 0 saturated carbocycles. The number of carbonyl (C=O) groups is 2. The first kappa shape index (κ1) is 18.7. The van der Waals surface area contributed by atoms with E-state index in [9.17, 15) is 14.7 Å². The lowest BCUT2D eigenvalue weighted by atomic mass is 10.1. The summed E-state index contributed by atoms with van der Waals surface area (Å²) in [5.74, 6) is -0.636. The number of rotatable bonds is 6. The Labute approximate surface area is 161 Å². The Morgan fingerprint density at radius 2 is 1.54 bits per heavy atom. The number of aliphatic carboxylic acids is 1. The van der Waals surface area contributed by atoms with E-state index in [1.165, 1.54) is 6.08 Å². The second kappa shape index (κ2) is 8.55. The second-order valence-electron chi connectivity index (χ2n) is 5.89. The van der Waals surface area contributed by atoms with Gasteiger partial charge < -0.3 is 20.9 Å². The molecule has 0 aliphatic heterocycles. The molecular weight excluding hydrogens is 356 g/mol. The number of carbonyl (C=O) groups excluding carboxylic acids is 1. The average Bonchev–Trinajstić information content (AvgIpc) is 2.71. The third-order valence-electron chi connectivity index (χ3n) is 3.85. The molecule has 1 amide bonds. The lowest BCUT2D eigenvalue weighted by Gasteiger charge is -2.09. The van der Waals surface area contributed by atoms with Gasteiger partial charge in [0.2, 0.25) is 0 Å². The highest BCUT2D eigenvalue weighted by molar-refractivity contribution is 6.02. The standard InChI is InChI=1S/C22H18N2O4/c23-18-8-4-5-9-20(18)28-17-12-10-15(11-13-17)14-19(22(26)27)24-21(25)16-6-2-1-3-7-16/h1-14H,23H2,(H,24,25)(H,26,27)/b19-14-. The van der Waals surface area contributed by atoms with Crippen LogP contribution in [-0.2, 0) is 4.79 Å². The van der Waals surface area contributed by atoms with Gasteiger partial charge in [-0.05, 0) is 48.0 Å². The van der Waals surface area contributed by atoms with Crippen molar-refractivity contribution in [2.45, 2.75) is 0 Å². The number of para-hydroxylation sites is 2. The van der Waals surface area contributed by atoms with E-state index in [2.05, 4.69) is 5.32 Å². The van der Waals surface area contributed by atoms with Crippen molar-refractivity contribution in [1.82, 2.24) is 5.32 Å². The zero-order valence-electron chi connectivity index (χ0n) is 14.8.